The zero-order valence-electron chi connectivity index (χ0n) is 23.1. The second kappa shape index (κ2) is 11.5. The van der Waals surface area contributed by atoms with Crippen LogP contribution < -0.4 is 10.2 Å². The third kappa shape index (κ3) is 8.22. The van der Waals surface area contributed by atoms with Crippen LogP contribution in [0.15, 0.2) is 54.7 Å². The number of benzene rings is 2. The highest BCUT2D eigenvalue weighted by atomic mass is 19.4. The lowest BCUT2D eigenvalue weighted by Crippen LogP contribution is -2.44. The molecule has 1 N–H and O–H groups in total. The van der Waals surface area contributed by atoms with Gasteiger partial charge in [-0.15, -0.1) is 4.90 Å². The number of nitrogens with zero attached hydrogens (tertiary/aromatic N) is 3. The third-order valence-electron chi connectivity index (χ3n) is 4.98. The summed E-state index contributed by atoms with van der Waals surface area (Å²) in [6.45, 7) is 9.73. The number of ether oxygens (including phenoxy) is 2. The van der Waals surface area contributed by atoms with Gasteiger partial charge in [0.1, 0.15) is 17.0 Å². The number of aromatic nitrogens is 2. The molecule has 0 spiro atoms. The number of amides is 3. The number of halogens is 4. The van der Waals surface area contributed by atoms with E-state index in [0.29, 0.717) is 16.5 Å². The van der Waals surface area contributed by atoms with Gasteiger partial charge in [-0.2, -0.15) is 13.2 Å². The van der Waals surface area contributed by atoms with Gasteiger partial charge in [-0.1, -0.05) is 18.2 Å². The molecule has 41 heavy (non-hydrogen) atoms. The SMILES string of the molecule is CC(C)(C)OC(=O)N(C(=O)OC(C)(C)C)c1nccc(-c2ccc(NC(=O)c3cccc(C(F)(F)F)c3F)cc2)n1. The number of imide groups is 1. The molecule has 3 aromatic rings. The molecule has 0 bridgehead atoms. The summed E-state index contributed by atoms with van der Waals surface area (Å²) in [5, 5.41) is 2.35. The molecule has 1 aromatic heterocycles. The highest BCUT2D eigenvalue weighted by Gasteiger charge is 2.36. The molecule has 218 valence electrons. The lowest BCUT2D eigenvalue weighted by atomic mass is 10.1. The summed E-state index contributed by atoms with van der Waals surface area (Å²) >= 11 is 0. The van der Waals surface area contributed by atoms with Crippen molar-refractivity contribution in [3.63, 3.8) is 0 Å². The maximum atomic E-state index is 14.3. The second-order valence-corrected chi connectivity index (χ2v) is 10.7. The largest absolute Gasteiger partial charge is 0.443 e. The van der Waals surface area contributed by atoms with Crippen LogP contribution in [-0.4, -0.2) is 39.3 Å². The minimum absolute atomic E-state index is 0.161. The van der Waals surface area contributed by atoms with Gasteiger partial charge < -0.3 is 14.8 Å². The number of hydrogen-bond donors (Lipinski definition) is 1. The fourth-order valence-corrected chi connectivity index (χ4v) is 3.32. The average Bonchev–Trinajstić information content (AvgIpc) is 2.82. The lowest BCUT2D eigenvalue weighted by Gasteiger charge is -2.27. The average molecular weight is 577 g/mol. The molecule has 0 radical (unpaired) electrons. The van der Waals surface area contributed by atoms with Gasteiger partial charge >= 0.3 is 18.4 Å². The third-order valence-corrected chi connectivity index (χ3v) is 4.98. The van der Waals surface area contributed by atoms with Crippen LogP contribution in [0.3, 0.4) is 0 Å². The molecule has 9 nitrogen and oxygen atoms in total. The van der Waals surface area contributed by atoms with Crippen LogP contribution >= 0.6 is 0 Å². The topological polar surface area (TPSA) is 111 Å². The summed E-state index contributed by atoms with van der Waals surface area (Å²) < 4.78 is 64.0. The Hall–Kier alpha value is -4.55. The predicted octanol–water partition coefficient (Wildman–Crippen LogP) is 7.23. The van der Waals surface area contributed by atoms with E-state index in [4.69, 9.17) is 9.47 Å². The molecule has 2 aromatic carbocycles. The van der Waals surface area contributed by atoms with Crippen LogP contribution in [0, 0.1) is 5.82 Å². The van der Waals surface area contributed by atoms with E-state index in [9.17, 15) is 31.9 Å². The molecule has 0 saturated carbocycles. The van der Waals surface area contributed by atoms with Gasteiger partial charge in [0.2, 0.25) is 5.95 Å². The van der Waals surface area contributed by atoms with Crippen molar-refractivity contribution in [1.82, 2.24) is 9.97 Å². The molecule has 0 aliphatic rings. The predicted molar refractivity (Wildman–Crippen MR) is 142 cm³/mol. The molecule has 3 amide bonds. The zero-order chi connectivity index (χ0) is 30.8. The molecule has 0 saturated heterocycles. The first-order chi connectivity index (χ1) is 18.9. The van der Waals surface area contributed by atoms with Gasteiger partial charge in [-0.3, -0.25) is 4.79 Å². The fourth-order valence-electron chi connectivity index (χ4n) is 3.32. The number of hydrogen-bond acceptors (Lipinski definition) is 7. The smallest absolute Gasteiger partial charge is 0.427 e. The van der Waals surface area contributed by atoms with Gasteiger partial charge in [0.25, 0.3) is 5.91 Å². The van der Waals surface area contributed by atoms with E-state index in [1.807, 2.05) is 0 Å². The molecule has 0 aliphatic heterocycles. The highest BCUT2D eigenvalue weighted by molar-refractivity contribution is 6.08. The van der Waals surface area contributed by atoms with Crippen molar-refractivity contribution in [2.75, 3.05) is 10.2 Å². The Balaban J connectivity index is 1.87. The summed E-state index contributed by atoms with van der Waals surface area (Å²) in [7, 11) is 0. The molecule has 0 fully saturated rings. The van der Waals surface area contributed by atoms with Gasteiger partial charge in [0.15, 0.2) is 0 Å². The van der Waals surface area contributed by atoms with Crippen molar-refractivity contribution in [3.8, 4) is 11.3 Å². The fraction of sp³-hybridized carbons (Fsp3) is 0.321. The quantitative estimate of drug-likeness (QED) is 0.326. The number of anilines is 2. The van der Waals surface area contributed by atoms with E-state index in [-0.39, 0.29) is 17.3 Å². The Morgan fingerprint density at radius 1 is 0.829 bits per heavy atom. The number of rotatable bonds is 4. The van der Waals surface area contributed by atoms with Crippen LogP contribution in [-0.2, 0) is 15.7 Å². The van der Waals surface area contributed by atoms with E-state index >= 15 is 0 Å². The van der Waals surface area contributed by atoms with Gasteiger partial charge in [-0.05, 0) is 71.9 Å². The van der Waals surface area contributed by atoms with Crippen molar-refractivity contribution in [1.29, 1.82) is 0 Å². The first-order valence-corrected chi connectivity index (χ1v) is 12.2. The minimum Gasteiger partial charge on any atom is -0.443 e. The molecule has 0 aliphatic carbocycles. The number of alkyl halides is 3. The van der Waals surface area contributed by atoms with Gasteiger partial charge in [0, 0.05) is 17.4 Å². The van der Waals surface area contributed by atoms with Crippen molar-refractivity contribution in [2.24, 2.45) is 0 Å². The molecular weight excluding hydrogens is 548 g/mol. The number of carbonyl (C=O) groups excluding carboxylic acids is 3. The first kappa shape index (κ1) is 31.0. The maximum Gasteiger partial charge on any atom is 0.427 e. The molecule has 0 atom stereocenters. The minimum atomic E-state index is -4.96. The molecule has 3 rings (SSSR count). The van der Waals surface area contributed by atoms with E-state index in [1.165, 1.54) is 36.5 Å². The first-order valence-electron chi connectivity index (χ1n) is 12.2. The van der Waals surface area contributed by atoms with E-state index in [2.05, 4.69) is 15.3 Å². The monoisotopic (exact) mass is 576 g/mol. The summed E-state index contributed by atoms with van der Waals surface area (Å²) in [5.74, 6) is -3.07. The second-order valence-electron chi connectivity index (χ2n) is 10.7. The Morgan fingerprint density at radius 3 is 1.90 bits per heavy atom. The Kier molecular flexibility index (Phi) is 8.70. The van der Waals surface area contributed by atoms with E-state index < -0.39 is 52.4 Å². The van der Waals surface area contributed by atoms with E-state index in [1.54, 1.807) is 41.5 Å². The standard InChI is InChI=1S/C28H28F4N4O5/c1-26(2,3)40-24(38)36(25(39)41-27(4,5)6)23-33-15-14-20(35-23)16-10-12-17(13-11-16)34-22(37)18-8-7-9-19(21(18)29)28(30,31)32/h7-15H,1-6H3,(H,34,37). The summed E-state index contributed by atoms with van der Waals surface area (Å²) in [6, 6.07) is 9.78. The zero-order valence-corrected chi connectivity index (χ0v) is 23.1. The van der Waals surface area contributed by atoms with Crippen molar-refractivity contribution >= 4 is 29.7 Å². The van der Waals surface area contributed by atoms with Crippen molar-refractivity contribution in [3.05, 3.63) is 71.7 Å². The number of carbonyl (C=O) groups is 3. The van der Waals surface area contributed by atoms with Crippen LogP contribution in [0.1, 0.15) is 57.5 Å². The van der Waals surface area contributed by atoms with Crippen LogP contribution in [0.2, 0.25) is 0 Å². The van der Waals surface area contributed by atoms with E-state index in [0.717, 1.165) is 12.1 Å². The normalized spacial score (nSPS) is 12.0. The molecule has 0 unspecified atom stereocenters. The van der Waals surface area contributed by atoms with Crippen LogP contribution in [0.5, 0.6) is 0 Å². The summed E-state index contributed by atoms with van der Waals surface area (Å²) in [6.07, 6.45) is -5.75. The molecule has 1 heterocycles. The highest BCUT2D eigenvalue weighted by Crippen LogP contribution is 2.32. The van der Waals surface area contributed by atoms with Crippen LogP contribution in [0.25, 0.3) is 11.3 Å². The number of nitrogens with one attached hydrogen (secondary N) is 1. The Labute approximate surface area is 233 Å². The van der Waals surface area contributed by atoms with Gasteiger partial charge in [0.05, 0.1) is 16.8 Å². The molecular formula is C28H28F4N4O5. The summed E-state index contributed by atoms with van der Waals surface area (Å²) in [5.41, 5.74) is -3.30. The molecule has 13 heteroatoms. The van der Waals surface area contributed by atoms with Crippen molar-refractivity contribution < 1.29 is 41.4 Å². The summed E-state index contributed by atoms with van der Waals surface area (Å²) in [4.78, 5) is 47.2. The lowest BCUT2D eigenvalue weighted by molar-refractivity contribution is -0.140. The van der Waals surface area contributed by atoms with Gasteiger partial charge in [-0.25, -0.2) is 23.9 Å². The maximum absolute atomic E-state index is 14.3. The van der Waals surface area contributed by atoms with Crippen LogP contribution in [0.4, 0.5) is 38.8 Å². The Morgan fingerprint density at radius 2 is 1.39 bits per heavy atom. The Bertz CT molecular complexity index is 1420. The van der Waals surface area contributed by atoms with Crippen molar-refractivity contribution in [2.45, 2.75) is 58.9 Å².